The summed E-state index contributed by atoms with van der Waals surface area (Å²) >= 11 is 0. The molecule has 22 heavy (non-hydrogen) atoms. The van der Waals surface area contributed by atoms with Crippen LogP contribution in [0, 0.1) is 18.8 Å². The van der Waals surface area contributed by atoms with Crippen LogP contribution in [0.1, 0.15) is 43.2 Å². The number of aryl methyl sites for hydroxylation is 1. The van der Waals surface area contributed by atoms with Crippen LogP contribution in [0.3, 0.4) is 0 Å². The summed E-state index contributed by atoms with van der Waals surface area (Å²) in [6, 6.07) is 6.36. The fourth-order valence-corrected chi connectivity index (χ4v) is 4.61. The summed E-state index contributed by atoms with van der Waals surface area (Å²) in [5.41, 5.74) is 10.0. The van der Waals surface area contributed by atoms with Gasteiger partial charge < -0.3 is 9.84 Å². The van der Waals surface area contributed by atoms with Gasteiger partial charge in [0.1, 0.15) is 17.1 Å². The highest BCUT2D eigenvalue weighted by atomic mass is 16.3. The number of furan rings is 1. The number of nitrogens with one attached hydrogen (secondary N) is 2. The molecule has 1 atom stereocenters. The Morgan fingerprint density at radius 2 is 2.09 bits per heavy atom. The zero-order valence-electron chi connectivity index (χ0n) is 12.9. The van der Waals surface area contributed by atoms with E-state index >= 15 is 0 Å². The molecule has 6 rings (SSSR count). The number of fused-ring (bicyclic) bond motifs is 3. The van der Waals surface area contributed by atoms with Crippen LogP contribution < -0.4 is 10.9 Å². The number of hydrogen-bond acceptors (Lipinski definition) is 4. The third kappa shape index (κ3) is 1.70. The topological polar surface area (TPSA) is 49.6 Å². The normalized spacial score (nSPS) is 33.4. The summed E-state index contributed by atoms with van der Waals surface area (Å²) < 4.78 is 5.63. The van der Waals surface area contributed by atoms with Crippen molar-refractivity contribution >= 4 is 16.8 Å². The molecule has 1 aromatic heterocycles. The van der Waals surface area contributed by atoms with Crippen molar-refractivity contribution in [3.8, 4) is 0 Å². The molecule has 0 unspecified atom stereocenters. The lowest BCUT2D eigenvalue weighted by atomic mass is 9.65. The summed E-state index contributed by atoms with van der Waals surface area (Å²) in [6.07, 6.45) is 8.39. The van der Waals surface area contributed by atoms with E-state index in [1.807, 2.05) is 6.26 Å². The second kappa shape index (κ2) is 4.35. The molecule has 2 heterocycles. The minimum absolute atomic E-state index is 0.0649. The van der Waals surface area contributed by atoms with Gasteiger partial charge in [-0.05, 0) is 62.5 Å². The fraction of sp³-hybridized carbons (Fsp3) is 0.500. The predicted molar refractivity (Wildman–Crippen MR) is 86.6 cm³/mol. The van der Waals surface area contributed by atoms with Crippen LogP contribution in [0.15, 0.2) is 33.9 Å². The predicted octanol–water partition coefficient (Wildman–Crippen LogP) is 3.50. The SMILES string of the molecule is Cc1coc2cc(C3=N[C@]4(CC5CCC4CC5)NN3)ccc12. The van der Waals surface area contributed by atoms with Crippen molar-refractivity contribution in [3.05, 3.63) is 35.6 Å². The van der Waals surface area contributed by atoms with E-state index in [-0.39, 0.29) is 5.66 Å². The Morgan fingerprint density at radius 3 is 2.86 bits per heavy atom. The molecule has 0 amide bonds. The van der Waals surface area contributed by atoms with Gasteiger partial charge in [-0.3, -0.25) is 0 Å². The van der Waals surface area contributed by atoms with E-state index in [1.165, 1.54) is 43.1 Å². The van der Waals surface area contributed by atoms with Crippen LogP contribution in [0.4, 0.5) is 0 Å². The summed E-state index contributed by atoms with van der Waals surface area (Å²) in [7, 11) is 0. The molecule has 2 aromatic rings. The summed E-state index contributed by atoms with van der Waals surface area (Å²) in [5.74, 6) is 2.48. The Labute approximate surface area is 130 Å². The average Bonchev–Trinajstić information content (AvgIpc) is 3.13. The lowest BCUT2D eigenvalue weighted by molar-refractivity contribution is 0.0506. The molecular weight excluding hydrogens is 274 g/mol. The van der Waals surface area contributed by atoms with E-state index in [0.29, 0.717) is 5.92 Å². The molecule has 1 aromatic carbocycles. The third-order valence-electron chi connectivity index (χ3n) is 5.87. The van der Waals surface area contributed by atoms with Crippen LogP contribution in [0.25, 0.3) is 11.0 Å². The number of benzene rings is 1. The van der Waals surface area contributed by atoms with Crippen molar-refractivity contribution in [1.82, 2.24) is 10.9 Å². The standard InChI is InChI=1S/C18H21N3O/c1-11-10-22-16-8-13(4-7-15(11)16)17-19-18(21-20-17)9-12-2-5-14(18)6-3-12/h4,7-8,10,12,14,21H,2-3,5-6,9H2,1H3,(H,19,20)/t12?,14?,18-/m1/s1. The van der Waals surface area contributed by atoms with Crippen molar-refractivity contribution < 1.29 is 4.42 Å². The molecule has 114 valence electrons. The highest BCUT2D eigenvalue weighted by Crippen LogP contribution is 2.48. The van der Waals surface area contributed by atoms with Crippen LogP contribution in [0.2, 0.25) is 0 Å². The van der Waals surface area contributed by atoms with Crippen molar-refractivity contribution in [2.24, 2.45) is 16.8 Å². The van der Waals surface area contributed by atoms with Crippen LogP contribution in [-0.4, -0.2) is 11.5 Å². The first-order chi connectivity index (χ1) is 10.7. The molecule has 3 aliphatic carbocycles. The number of aliphatic imine (C=N–C) groups is 1. The first-order valence-electron chi connectivity index (χ1n) is 8.35. The molecule has 4 aliphatic rings. The van der Waals surface area contributed by atoms with Gasteiger partial charge in [0.05, 0.1) is 6.26 Å². The highest BCUT2D eigenvalue weighted by Gasteiger charge is 2.49. The quantitative estimate of drug-likeness (QED) is 0.846. The minimum atomic E-state index is -0.0649. The van der Waals surface area contributed by atoms with E-state index in [0.717, 1.165) is 22.9 Å². The molecule has 2 N–H and O–H groups in total. The number of hydrogen-bond donors (Lipinski definition) is 2. The maximum atomic E-state index is 5.63. The third-order valence-corrected chi connectivity index (χ3v) is 5.87. The molecule has 1 aliphatic heterocycles. The first-order valence-corrected chi connectivity index (χ1v) is 8.35. The fourth-order valence-electron chi connectivity index (χ4n) is 4.61. The van der Waals surface area contributed by atoms with Crippen molar-refractivity contribution in [2.75, 3.05) is 0 Å². The molecule has 0 radical (unpaired) electrons. The van der Waals surface area contributed by atoms with Gasteiger partial charge in [0.2, 0.25) is 0 Å². The zero-order valence-corrected chi connectivity index (χ0v) is 12.9. The smallest absolute Gasteiger partial charge is 0.144 e. The van der Waals surface area contributed by atoms with Crippen molar-refractivity contribution in [1.29, 1.82) is 0 Å². The second-order valence-corrected chi connectivity index (χ2v) is 7.19. The van der Waals surface area contributed by atoms with Gasteiger partial charge >= 0.3 is 0 Å². The lowest BCUT2D eigenvalue weighted by Gasteiger charge is -2.47. The maximum Gasteiger partial charge on any atom is 0.144 e. The molecular formula is C18H21N3O. The first kappa shape index (κ1) is 12.7. The molecule has 3 fully saturated rings. The van der Waals surface area contributed by atoms with E-state index in [4.69, 9.17) is 9.41 Å². The van der Waals surface area contributed by atoms with E-state index in [2.05, 4.69) is 36.0 Å². The van der Waals surface area contributed by atoms with Gasteiger partial charge in [0.15, 0.2) is 0 Å². The van der Waals surface area contributed by atoms with Gasteiger partial charge in [0.25, 0.3) is 0 Å². The molecule has 4 nitrogen and oxygen atoms in total. The number of rotatable bonds is 1. The van der Waals surface area contributed by atoms with E-state index in [1.54, 1.807) is 0 Å². The largest absolute Gasteiger partial charge is 0.464 e. The van der Waals surface area contributed by atoms with Gasteiger partial charge in [-0.2, -0.15) is 0 Å². The maximum absolute atomic E-state index is 5.63. The second-order valence-electron chi connectivity index (χ2n) is 7.19. The summed E-state index contributed by atoms with van der Waals surface area (Å²) in [4.78, 5) is 5.10. The summed E-state index contributed by atoms with van der Waals surface area (Å²) in [6.45, 7) is 2.08. The van der Waals surface area contributed by atoms with Gasteiger partial charge in [0, 0.05) is 10.9 Å². The number of nitrogens with zero attached hydrogens (tertiary/aromatic N) is 1. The number of hydrazine groups is 1. The van der Waals surface area contributed by atoms with Gasteiger partial charge in [-0.15, -0.1) is 0 Å². The van der Waals surface area contributed by atoms with Gasteiger partial charge in [-0.25, -0.2) is 10.4 Å². The highest BCUT2D eigenvalue weighted by molar-refractivity contribution is 6.02. The number of amidine groups is 1. The minimum Gasteiger partial charge on any atom is -0.464 e. The Bertz CT molecular complexity index is 770. The molecule has 4 heteroatoms. The Hall–Kier alpha value is -1.81. The Morgan fingerprint density at radius 1 is 1.23 bits per heavy atom. The Balaban J connectivity index is 1.53. The Kier molecular flexibility index (Phi) is 2.51. The van der Waals surface area contributed by atoms with Crippen molar-refractivity contribution in [3.63, 3.8) is 0 Å². The zero-order chi connectivity index (χ0) is 14.7. The molecule has 3 saturated carbocycles. The van der Waals surface area contributed by atoms with Crippen molar-refractivity contribution in [2.45, 2.75) is 44.7 Å². The van der Waals surface area contributed by atoms with E-state index in [9.17, 15) is 0 Å². The van der Waals surface area contributed by atoms with Crippen LogP contribution in [-0.2, 0) is 0 Å². The lowest BCUT2D eigenvalue weighted by Crippen LogP contribution is -2.56. The van der Waals surface area contributed by atoms with Crippen LogP contribution >= 0.6 is 0 Å². The average molecular weight is 295 g/mol. The summed E-state index contributed by atoms with van der Waals surface area (Å²) in [5, 5.41) is 1.18. The molecule has 2 bridgehead atoms. The monoisotopic (exact) mass is 295 g/mol. The molecule has 1 spiro atoms. The van der Waals surface area contributed by atoms with Crippen LogP contribution in [0.5, 0.6) is 0 Å². The van der Waals surface area contributed by atoms with E-state index < -0.39 is 0 Å². The molecule has 0 saturated heterocycles. The van der Waals surface area contributed by atoms with Gasteiger partial charge in [-0.1, -0.05) is 12.1 Å².